The summed E-state index contributed by atoms with van der Waals surface area (Å²) in [4.78, 5) is 4.34. The second-order valence-electron chi connectivity index (χ2n) is 5.32. The van der Waals surface area contributed by atoms with Crippen molar-refractivity contribution in [3.8, 4) is 0 Å². The molecule has 0 radical (unpaired) electrons. The number of nitrogens with zero attached hydrogens (tertiary/aromatic N) is 1. The molecule has 90 valence electrons. The number of hydrogen-bond donors (Lipinski definition) is 1. The number of pyridine rings is 1. The molecule has 0 aliphatic heterocycles. The van der Waals surface area contributed by atoms with Crippen LogP contribution in [0.2, 0.25) is 0 Å². The third-order valence-corrected chi connectivity index (χ3v) is 4.11. The third kappa shape index (κ3) is 2.58. The minimum absolute atomic E-state index is 0.863. The van der Waals surface area contributed by atoms with Crippen LogP contribution in [0.5, 0.6) is 0 Å². The summed E-state index contributed by atoms with van der Waals surface area (Å²) in [5.74, 6) is 2.64. The van der Waals surface area contributed by atoms with Gasteiger partial charge in [-0.15, -0.1) is 0 Å². The predicted molar refractivity (Wildman–Crippen MR) is 69.7 cm³/mol. The minimum Gasteiger partial charge on any atom is -0.316 e. The lowest BCUT2D eigenvalue weighted by Gasteiger charge is -2.18. The van der Waals surface area contributed by atoms with E-state index in [1.807, 2.05) is 12.3 Å². The number of rotatable bonds is 5. The number of hydrogen-bond acceptors (Lipinski definition) is 2. The summed E-state index contributed by atoms with van der Waals surface area (Å²) in [6.45, 7) is 2.23. The van der Waals surface area contributed by atoms with Crippen LogP contribution in [0.25, 0.3) is 0 Å². The molecule has 17 heavy (non-hydrogen) atoms. The smallest absolute Gasteiger partial charge is 0.0416 e. The molecule has 1 aromatic heterocycles. The number of allylic oxidation sites excluding steroid dienone is 2. The van der Waals surface area contributed by atoms with Crippen LogP contribution < -0.4 is 5.32 Å². The van der Waals surface area contributed by atoms with Crippen LogP contribution in [0, 0.1) is 17.8 Å². The molecular weight excluding hydrogens is 208 g/mol. The molecule has 1 fully saturated rings. The Balaban J connectivity index is 1.37. The highest BCUT2D eigenvalue weighted by atomic mass is 14.9. The number of fused-ring (bicyclic) bond motifs is 2. The topological polar surface area (TPSA) is 24.9 Å². The molecular formula is C15H20N2. The van der Waals surface area contributed by atoms with Crippen molar-refractivity contribution in [3.05, 3.63) is 42.2 Å². The molecule has 2 aliphatic rings. The summed E-state index contributed by atoms with van der Waals surface area (Å²) in [6.07, 6.45) is 10.6. The van der Waals surface area contributed by atoms with Crippen LogP contribution in [-0.4, -0.2) is 18.1 Å². The largest absolute Gasteiger partial charge is 0.316 e. The fourth-order valence-corrected chi connectivity index (χ4v) is 3.18. The van der Waals surface area contributed by atoms with Gasteiger partial charge in [0.15, 0.2) is 0 Å². The van der Waals surface area contributed by atoms with Gasteiger partial charge in [0.05, 0.1) is 0 Å². The summed E-state index contributed by atoms with van der Waals surface area (Å²) < 4.78 is 0. The summed E-state index contributed by atoms with van der Waals surface area (Å²) in [5.41, 5.74) is 1.19. The maximum atomic E-state index is 4.34. The van der Waals surface area contributed by atoms with Crippen molar-refractivity contribution in [2.45, 2.75) is 19.3 Å². The van der Waals surface area contributed by atoms with Gasteiger partial charge < -0.3 is 5.32 Å². The lowest BCUT2D eigenvalue weighted by atomic mass is 9.93. The lowest BCUT2D eigenvalue weighted by Crippen LogP contribution is -2.27. The van der Waals surface area contributed by atoms with Gasteiger partial charge in [0, 0.05) is 24.9 Å². The summed E-state index contributed by atoms with van der Waals surface area (Å²) in [7, 11) is 0. The Morgan fingerprint density at radius 3 is 2.94 bits per heavy atom. The quantitative estimate of drug-likeness (QED) is 0.618. The molecule has 0 saturated heterocycles. The van der Waals surface area contributed by atoms with E-state index in [-0.39, 0.29) is 0 Å². The normalized spacial score (nSPS) is 30.0. The summed E-state index contributed by atoms with van der Waals surface area (Å²) in [5, 5.41) is 3.59. The van der Waals surface area contributed by atoms with Crippen molar-refractivity contribution in [2.75, 3.05) is 13.1 Å². The van der Waals surface area contributed by atoms with Crippen molar-refractivity contribution < 1.29 is 0 Å². The van der Waals surface area contributed by atoms with Gasteiger partial charge in [0.1, 0.15) is 0 Å². The van der Waals surface area contributed by atoms with Crippen LogP contribution in [-0.2, 0) is 6.42 Å². The van der Waals surface area contributed by atoms with Crippen molar-refractivity contribution in [1.29, 1.82) is 0 Å². The molecule has 2 heteroatoms. The van der Waals surface area contributed by atoms with Crippen LogP contribution in [0.1, 0.15) is 18.5 Å². The Kier molecular flexibility index (Phi) is 3.23. The Hall–Kier alpha value is -1.15. The van der Waals surface area contributed by atoms with E-state index in [4.69, 9.17) is 0 Å². The Morgan fingerprint density at radius 2 is 2.24 bits per heavy atom. The van der Waals surface area contributed by atoms with Crippen molar-refractivity contribution in [3.63, 3.8) is 0 Å². The van der Waals surface area contributed by atoms with Gasteiger partial charge in [0.25, 0.3) is 0 Å². The van der Waals surface area contributed by atoms with Gasteiger partial charge in [-0.2, -0.15) is 0 Å². The summed E-state index contributed by atoms with van der Waals surface area (Å²) in [6, 6.07) is 6.13. The Labute approximate surface area is 103 Å². The van der Waals surface area contributed by atoms with E-state index in [1.165, 1.54) is 25.1 Å². The highest BCUT2D eigenvalue weighted by Gasteiger charge is 2.34. The minimum atomic E-state index is 0.863. The van der Waals surface area contributed by atoms with E-state index in [9.17, 15) is 0 Å². The zero-order valence-electron chi connectivity index (χ0n) is 10.2. The average Bonchev–Trinajstić information content (AvgIpc) is 2.98. The highest BCUT2D eigenvalue weighted by molar-refractivity contribution is 5.10. The van der Waals surface area contributed by atoms with E-state index >= 15 is 0 Å². The molecule has 1 heterocycles. The van der Waals surface area contributed by atoms with E-state index in [0.717, 1.165) is 30.7 Å². The molecule has 1 N–H and O–H groups in total. The lowest BCUT2D eigenvalue weighted by molar-refractivity contribution is 0.416. The van der Waals surface area contributed by atoms with E-state index < -0.39 is 0 Å². The molecule has 2 nitrogen and oxygen atoms in total. The van der Waals surface area contributed by atoms with Crippen LogP contribution in [0.4, 0.5) is 0 Å². The van der Waals surface area contributed by atoms with Gasteiger partial charge in [-0.1, -0.05) is 18.2 Å². The average molecular weight is 228 g/mol. The molecule has 1 aromatic rings. The first kappa shape index (κ1) is 11.0. The van der Waals surface area contributed by atoms with Crippen molar-refractivity contribution >= 4 is 0 Å². The zero-order valence-corrected chi connectivity index (χ0v) is 10.2. The third-order valence-electron chi connectivity index (χ3n) is 4.11. The molecule has 2 bridgehead atoms. The maximum Gasteiger partial charge on any atom is 0.0416 e. The fraction of sp³-hybridized carbons (Fsp3) is 0.533. The van der Waals surface area contributed by atoms with Crippen LogP contribution in [0.3, 0.4) is 0 Å². The number of aromatic nitrogens is 1. The molecule has 3 unspecified atom stereocenters. The predicted octanol–water partition coefficient (Wildman–Crippen LogP) is 2.43. The van der Waals surface area contributed by atoms with E-state index in [2.05, 4.69) is 34.6 Å². The van der Waals surface area contributed by atoms with Gasteiger partial charge >= 0.3 is 0 Å². The standard InChI is InChI=1S/C15H20N2/c1-2-7-17-15(3-1)6-8-16-11-14-10-12-4-5-13(14)9-12/h1-5,7,12-14,16H,6,8-11H2. The van der Waals surface area contributed by atoms with E-state index in [0.29, 0.717) is 0 Å². The monoisotopic (exact) mass is 228 g/mol. The first-order valence-corrected chi connectivity index (χ1v) is 6.71. The van der Waals surface area contributed by atoms with Crippen LogP contribution in [0.15, 0.2) is 36.5 Å². The highest BCUT2D eigenvalue weighted by Crippen LogP contribution is 2.42. The van der Waals surface area contributed by atoms with Gasteiger partial charge in [-0.3, -0.25) is 4.98 Å². The zero-order chi connectivity index (χ0) is 11.5. The molecule has 0 aromatic carbocycles. The molecule has 2 aliphatic carbocycles. The molecule has 0 amide bonds. The number of nitrogens with one attached hydrogen (secondary N) is 1. The maximum absolute atomic E-state index is 4.34. The first-order chi connectivity index (χ1) is 8.42. The Morgan fingerprint density at radius 1 is 1.24 bits per heavy atom. The van der Waals surface area contributed by atoms with Crippen LogP contribution >= 0.6 is 0 Å². The molecule has 0 spiro atoms. The Bertz CT molecular complexity index is 385. The van der Waals surface area contributed by atoms with Crippen molar-refractivity contribution in [1.82, 2.24) is 10.3 Å². The van der Waals surface area contributed by atoms with Gasteiger partial charge in [-0.05, 0) is 49.3 Å². The fourth-order valence-electron chi connectivity index (χ4n) is 3.18. The van der Waals surface area contributed by atoms with E-state index in [1.54, 1.807) is 0 Å². The molecule has 1 saturated carbocycles. The molecule has 3 atom stereocenters. The molecule has 3 rings (SSSR count). The van der Waals surface area contributed by atoms with Gasteiger partial charge in [0.2, 0.25) is 0 Å². The second-order valence-corrected chi connectivity index (χ2v) is 5.32. The van der Waals surface area contributed by atoms with Gasteiger partial charge in [-0.25, -0.2) is 0 Å². The SMILES string of the molecule is C1=CC2CC1CC2CNCCc1ccccn1. The summed E-state index contributed by atoms with van der Waals surface area (Å²) >= 11 is 0. The second kappa shape index (κ2) is 5.01. The van der Waals surface area contributed by atoms with Crippen molar-refractivity contribution in [2.24, 2.45) is 17.8 Å². The first-order valence-electron chi connectivity index (χ1n) is 6.71.